The van der Waals surface area contributed by atoms with Crippen molar-refractivity contribution in [2.24, 2.45) is 0 Å². The highest BCUT2D eigenvalue weighted by Gasteiger charge is 2.14. The lowest BCUT2D eigenvalue weighted by Crippen LogP contribution is -2.16. The van der Waals surface area contributed by atoms with Gasteiger partial charge in [0.15, 0.2) is 12.4 Å². The number of rotatable bonds is 10. The summed E-state index contributed by atoms with van der Waals surface area (Å²) < 4.78 is 10.4. The number of furan rings is 1. The van der Waals surface area contributed by atoms with E-state index in [4.69, 9.17) is 9.15 Å². The maximum atomic E-state index is 12.3. The van der Waals surface area contributed by atoms with Gasteiger partial charge >= 0.3 is 5.97 Å². The number of ether oxygens (including phenoxy) is 1. The van der Waals surface area contributed by atoms with E-state index in [9.17, 15) is 19.5 Å². The van der Waals surface area contributed by atoms with Gasteiger partial charge in [-0.1, -0.05) is 19.8 Å². The van der Waals surface area contributed by atoms with Gasteiger partial charge in [0, 0.05) is 34.7 Å². The van der Waals surface area contributed by atoms with Crippen LogP contribution >= 0.6 is 0 Å². The summed E-state index contributed by atoms with van der Waals surface area (Å²) in [6, 6.07) is 11.1. The fraction of sp³-hybridized carbons (Fsp3) is 0.292. The Kier molecular flexibility index (Phi) is 7.43. The number of benzene rings is 2. The van der Waals surface area contributed by atoms with Crippen LogP contribution < -0.4 is 5.32 Å². The van der Waals surface area contributed by atoms with Gasteiger partial charge in [0.25, 0.3) is 0 Å². The van der Waals surface area contributed by atoms with Crippen LogP contribution in [0.3, 0.4) is 0 Å². The molecule has 0 atom stereocenters. The van der Waals surface area contributed by atoms with Crippen LogP contribution in [0.25, 0.3) is 11.0 Å². The van der Waals surface area contributed by atoms with E-state index in [-0.39, 0.29) is 30.5 Å². The molecule has 7 nitrogen and oxygen atoms in total. The molecule has 3 aromatic rings. The number of anilines is 1. The second-order valence-corrected chi connectivity index (χ2v) is 7.28. The Morgan fingerprint density at radius 1 is 1.06 bits per heavy atom. The molecule has 0 spiro atoms. The standard InChI is InChI=1S/C24H25NO6/c1-2-3-4-5-23(28)25-18-8-6-16(7-9-18)21(27)15-31-24(29)12-17-14-30-22-13-19(26)10-11-20(17)22/h6-11,13-14,26H,2-5,12,15H2,1H3,(H,25,28). The molecule has 1 aromatic heterocycles. The van der Waals surface area contributed by atoms with Gasteiger partial charge in [-0.05, 0) is 42.8 Å². The number of phenols is 1. The molecule has 0 aliphatic heterocycles. The summed E-state index contributed by atoms with van der Waals surface area (Å²) >= 11 is 0. The number of phenolic OH excluding ortho intramolecular Hbond substituents is 1. The van der Waals surface area contributed by atoms with Crippen molar-refractivity contribution in [3.05, 3.63) is 59.9 Å². The molecule has 0 saturated heterocycles. The summed E-state index contributed by atoms with van der Waals surface area (Å²) in [4.78, 5) is 36.3. The number of carbonyl (C=O) groups is 3. The van der Waals surface area contributed by atoms with Gasteiger partial charge in [0.1, 0.15) is 11.3 Å². The molecule has 1 amide bonds. The van der Waals surface area contributed by atoms with E-state index in [2.05, 4.69) is 12.2 Å². The second-order valence-electron chi connectivity index (χ2n) is 7.28. The fourth-order valence-electron chi connectivity index (χ4n) is 3.14. The first-order chi connectivity index (χ1) is 15.0. The number of carbonyl (C=O) groups excluding carboxylic acids is 3. The molecule has 0 unspecified atom stereocenters. The summed E-state index contributed by atoms with van der Waals surface area (Å²) in [6.45, 7) is 1.70. The van der Waals surface area contributed by atoms with Gasteiger partial charge < -0.3 is 19.6 Å². The number of Topliss-reactive ketones (excluding diaryl/α,β-unsaturated/α-hetero) is 1. The Balaban J connectivity index is 1.48. The molecule has 0 bridgehead atoms. The number of aromatic hydroxyl groups is 1. The third-order valence-corrected chi connectivity index (χ3v) is 4.84. The van der Waals surface area contributed by atoms with Crippen molar-refractivity contribution < 1.29 is 28.6 Å². The number of fused-ring (bicyclic) bond motifs is 1. The first-order valence-electron chi connectivity index (χ1n) is 10.2. The van der Waals surface area contributed by atoms with Crippen molar-refractivity contribution in [3.63, 3.8) is 0 Å². The summed E-state index contributed by atoms with van der Waals surface area (Å²) in [6.07, 6.45) is 4.77. The lowest BCUT2D eigenvalue weighted by atomic mass is 10.1. The van der Waals surface area contributed by atoms with Crippen LogP contribution in [-0.4, -0.2) is 29.4 Å². The van der Waals surface area contributed by atoms with E-state index >= 15 is 0 Å². The molecule has 31 heavy (non-hydrogen) atoms. The van der Waals surface area contributed by atoms with Crippen LogP contribution in [0.15, 0.2) is 53.1 Å². The van der Waals surface area contributed by atoms with Crippen molar-refractivity contribution in [2.75, 3.05) is 11.9 Å². The Morgan fingerprint density at radius 2 is 1.84 bits per heavy atom. The van der Waals surface area contributed by atoms with E-state index in [0.717, 1.165) is 19.3 Å². The topological polar surface area (TPSA) is 106 Å². The third-order valence-electron chi connectivity index (χ3n) is 4.84. The number of hydrogen-bond acceptors (Lipinski definition) is 6. The van der Waals surface area contributed by atoms with Gasteiger partial charge in [-0.15, -0.1) is 0 Å². The SMILES string of the molecule is CCCCCC(=O)Nc1ccc(C(=O)COC(=O)Cc2coc3cc(O)ccc23)cc1. The summed E-state index contributed by atoms with van der Waals surface area (Å²) in [5.41, 5.74) is 2.09. The van der Waals surface area contributed by atoms with E-state index < -0.39 is 5.97 Å². The fourth-order valence-corrected chi connectivity index (χ4v) is 3.14. The number of nitrogens with one attached hydrogen (secondary N) is 1. The van der Waals surface area contributed by atoms with Crippen LogP contribution in [0.2, 0.25) is 0 Å². The predicted molar refractivity (Wildman–Crippen MR) is 116 cm³/mol. The molecule has 2 N–H and O–H groups in total. The first kappa shape index (κ1) is 22.1. The van der Waals surface area contributed by atoms with Crippen molar-refractivity contribution in [1.82, 2.24) is 0 Å². The molecule has 0 saturated carbocycles. The molecule has 162 valence electrons. The highest BCUT2D eigenvalue weighted by molar-refractivity contribution is 5.99. The summed E-state index contributed by atoms with van der Waals surface area (Å²) in [7, 11) is 0. The Hall–Kier alpha value is -3.61. The molecule has 2 aromatic carbocycles. The minimum Gasteiger partial charge on any atom is -0.508 e. The van der Waals surface area contributed by atoms with Gasteiger partial charge in [0.05, 0.1) is 12.7 Å². The van der Waals surface area contributed by atoms with E-state index in [1.165, 1.54) is 18.4 Å². The molecule has 0 aliphatic rings. The summed E-state index contributed by atoms with van der Waals surface area (Å²) in [5, 5.41) is 13.0. The molecular weight excluding hydrogens is 398 g/mol. The van der Waals surface area contributed by atoms with Crippen LogP contribution in [-0.2, 0) is 20.7 Å². The average molecular weight is 423 g/mol. The highest BCUT2D eigenvalue weighted by Crippen LogP contribution is 2.25. The zero-order valence-corrected chi connectivity index (χ0v) is 17.3. The third kappa shape index (κ3) is 6.18. The molecule has 0 radical (unpaired) electrons. The minimum absolute atomic E-state index is 0.0476. The zero-order chi connectivity index (χ0) is 22.2. The predicted octanol–water partition coefficient (Wildman–Crippen LogP) is 4.63. The first-order valence-corrected chi connectivity index (χ1v) is 10.2. The van der Waals surface area contributed by atoms with Crippen molar-refractivity contribution in [2.45, 2.75) is 39.0 Å². The second kappa shape index (κ2) is 10.4. The van der Waals surface area contributed by atoms with E-state index in [1.54, 1.807) is 30.3 Å². The maximum Gasteiger partial charge on any atom is 0.310 e. The molecule has 0 aliphatic carbocycles. The molecule has 1 heterocycles. The Labute approximate surface area is 180 Å². The van der Waals surface area contributed by atoms with E-state index in [0.29, 0.717) is 34.2 Å². The molecule has 0 fully saturated rings. The number of ketones is 1. The smallest absolute Gasteiger partial charge is 0.310 e. The van der Waals surface area contributed by atoms with Crippen molar-refractivity contribution in [3.8, 4) is 5.75 Å². The van der Waals surface area contributed by atoms with E-state index in [1.807, 2.05) is 0 Å². The van der Waals surface area contributed by atoms with Crippen LogP contribution in [0.1, 0.15) is 48.5 Å². The maximum absolute atomic E-state index is 12.3. The zero-order valence-electron chi connectivity index (χ0n) is 17.3. The highest BCUT2D eigenvalue weighted by atomic mass is 16.5. The Bertz CT molecular complexity index is 1070. The number of unbranched alkanes of at least 4 members (excludes halogenated alkanes) is 2. The lowest BCUT2D eigenvalue weighted by Gasteiger charge is -2.07. The monoisotopic (exact) mass is 423 g/mol. The quantitative estimate of drug-likeness (QED) is 0.280. The number of hydrogen-bond donors (Lipinski definition) is 2. The van der Waals surface area contributed by atoms with Gasteiger partial charge in [0.2, 0.25) is 5.91 Å². The Morgan fingerprint density at radius 3 is 2.58 bits per heavy atom. The lowest BCUT2D eigenvalue weighted by molar-refractivity contribution is -0.141. The van der Waals surface area contributed by atoms with Gasteiger partial charge in [-0.2, -0.15) is 0 Å². The van der Waals surface area contributed by atoms with Crippen LogP contribution in [0, 0.1) is 0 Å². The molecular formula is C24H25NO6. The van der Waals surface area contributed by atoms with Crippen LogP contribution in [0.5, 0.6) is 5.75 Å². The average Bonchev–Trinajstić information content (AvgIpc) is 3.14. The van der Waals surface area contributed by atoms with Crippen LogP contribution in [0.4, 0.5) is 5.69 Å². The summed E-state index contributed by atoms with van der Waals surface area (Å²) in [5.74, 6) is -0.872. The normalized spacial score (nSPS) is 10.7. The van der Waals surface area contributed by atoms with Gasteiger partial charge in [-0.3, -0.25) is 14.4 Å². The minimum atomic E-state index is -0.555. The number of amides is 1. The largest absolute Gasteiger partial charge is 0.508 e. The number of esters is 1. The van der Waals surface area contributed by atoms with Crippen molar-refractivity contribution >= 4 is 34.3 Å². The molecule has 7 heteroatoms. The van der Waals surface area contributed by atoms with Gasteiger partial charge in [-0.25, -0.2) is 0 Å². The molecule has 3 rings (SSSR count). The van der Waals surface area contributed by atoms with Crippen molar-refractivity contribution in [1.29, 1.82) is 0 Å².